The first-order valence-electron chi connectivity index (χ1n) is 7.51. The Labute approximate surface area is 119 Å². The number of aromatic nitrogens is 1. The number of benzene rings is 1. The van der Waals surface area contributed by atoms with Crippen LogP contribution in [0.1, 0.15) is 44.9 Å². The number of nitrogen functional groups attached to an aromatic ring is 1. The Kier molecular flexibility index (Phi) is 3.92. The number of anilines is 1. The highest BCUT2D eigenvalue weighted by atomic mass is 16.5. The third-order valence-corrected chi connectivity index (χ3v) is 4.25. The predicted octanol–water partition coefficient (Wildman–Crippen LogP) is 3.90. The zero-order valence-electron chi connectivity index (χ0n) is 12.0. The minimum Gasteiger partial charge on any atom is -0.438 e. The maximum atomic E-state index is 5.97. The van der Waals surface area contributed by atoms with Gasteiger partial charge in [-0.2, -0.15) is 0 Å². The van der Waals surface area contributed by atoms with E-state index in [0.717, 1.165) is 23.4 Å². The normalized spacial score (nSPS) is 23.2. The van der Waals surface area contributed by atoms with Gasteiger partial charge in [-0.25, -0.2) is 4.98 Å². The number of para-hydroxylation sites is 1. The standard InChI is InChI=1S/C16H22N2O2/c1-2-11-5-3-6-12(9-11)19-10-15-18-16-13(17)7-4-8-14(16)20-15/h4,7-8,11-12H,2-3,5-6,9-10,17H2,1H3. The van der Waals surface area contributed by atoms with Crippen LogP contribution >= 0.6 is 0 Å². The molecule has 4 heteroatoms. The minimum atomic E-state index is 0.348. The number of hydrogen-bond acceptors (Lipinski definition) is 4. The van der Waals surface area contributed by atoms with Gasteiger partial charge in [0.05, 0.1) is 11.8 Å². The third kappa shape index (κ3) is 2.80. The smallest absolute Gasteiger partial charge is 0.221 e. The van der Waals surface area contributed by atoms with E-state index in [1.165, 1.54) is 25.7 Å². The van der Waals surface area contributed by atoms with Gasteiger partial charge in [-0.3, -0.25) is 0 Å². The molecule has 2 unspecified atom stereocenters. The molecule has 3 rings (SSSR count). The second-order valence-corrected chi connectivity index (χ2v) is 5.68. The Morgan fingerprint density at radius 1 is 1.40 bits per heavy atom. The van der Waals surface area contributed by atoms with Gasteiger partial charge in [0, 0.05) is 0 Å². The van der Waals surface area contributed by atoms with Crippen LogP contribution in [-0.4, -0.2) is 11.1 Å². The van der Waals surface area contributed by atoms with Gasteiger partial charge in [0.15, 0.2) is 5.58 Å². The fourth-order valence-electron chi connectivity index (χ4n) is 3.03. The van der Waals surface area contributed by atoms with Crippen molar-refractivity contribution < 1.29 is 9.15 Å². The van der Waals surface area contributed by atoms with Crippen molar-refractivity contribution in [2.45, 2.75) is 51.7 Å². The summed E-state index contributed by atoms with van der Waals surface area (Å²) in [5.41, 5.74) is 8.01. The van der Waals surface area contributed by atoms with Gasteiger partial charge >= 0.3 is 0 Å². The fraction of sp³-hybridized carbons (Fsp3) is 0.562. The number of rotatable bonds is 4. The van der Waals surface area contributed by atoms with E-state index in [4.69, 9.17) is 14.9 Å². The van der Waals surface area contributed by atoms with E-state index in [9.17, 15) is 0 Å². The monoisotopic (exact) mass is 274 g/mol. The first-order valence-corrected chi connectivity index (χ1v) is 7.51. The van der Waals surface area contributed by atoms with Gasteiger partial charge in [0.1, 0.15) is 12.1 Å². The molecule has 2 N–H and O–H groups in total. The number of ether oxygens (including phenoxy) is 1. The van der Waals surface area contributed by atoms with Crippen LogP contribution in [0.3, 0.4) is 0 Å². The quantitative estimate of drug-likeness (QED) is 0.859. The molecule has 1 aromatic heterocycles. The first-order chi connectivity index (χ1) is 9.76. The highest BCUT2D eigenvalue weighted by molar-refractivity contribution is 5.85. The third-order valence-electron chi connectivity index (χ3n) is 4.25. The summed E-state index contributed by atoms with van der Waals surface area (Å²) in [5.74, 6) is 1.43. The number of hydrogen-bond donors (Lipinski definition) is 1. The molecular weight excluding hydrogens is 252 g/mol. The van der Waals surface area contributed by atoms with Crippen LogP contribution in [0, 0.1) is 5.92 Å². The first kappa shape index (κ1) is 13.4. The van der Waals surface area contributed by atoms with Gasteiger partial charge in [-0.1, -0.05) is 32.3 Å². The minimum absolute atomic E-state index is 0.348. The van der Waals surface area contributed by atoms with Crippen LogP contribution in [0.2, 0.25) is 0 Å². The van der Waals surface area contributed by atoms with E-state index >= 15 is 0 Å². The molecule has 1 saturated carbocycles. The Balaban J connectivity index is 1.63. The zero-order valence-corrected chi connectivity index (χ0v) is 12.0. The molecule has 1 aliphatic carbocycles. The Morgan fingerprint density at radius 2 is 2.30 bits per heavy atom. The summed E-state index contributed by atoms with van der Waals surface area (Å²) in [6.07, 6.45) is 6.53. The summed E-state index contributed by atoms with van der Waals surface area (Å²) in [7, 11) is 0. The second-order valence-electron chi connectivity index (χ2n) is 5.68. The SMILES string of the molecule is CCC1CCCC(OCc2nc3c(N)cccc3o2)C1. The summed E-state index contributed by atoms with van der Waals surface area (Å²) >= 11 is 0. The average molecular weight is 274 g/mol. The van der Waals surface area contributed by atoms with E-state index in [2.05, 4.69) is 11.9 Å². The fourth-order valence-corrected chi connectivity index (χ4v) is 3.03. The lowest BCUT2D eigenvalue weighted by atomic mass is 9.85. The summed E-state index contributed by atoms with van der Waals surface area (Å²) in [6, 6.07) is 5.60. The molecule has 20 heavy (non-hydrogen) atoms. The van der Waals surface area contributed by atoms with Crippen molar-refractivity contribution in [2.24, 2.45) is 5.92 Å². The van der Waals surface area contributed by atoms with Crippen LogP contribution < -0.4 is 5.73 Å². The molecule has 0 saturated heterocycles. The molecule has 1 fully saturated rings. The number of fused-ring (bicyclic) bond motifs is 1. The van der Waals surface area contributed by atoms with E-state index in [-0.39, 0.29) is 0 Å². The summed E-state index contributed by atoms with van der Waals surface area (Å²) in [5, 5.41) is 0. The molecule has 1 aromatic carbocycles. The zero-order chi connectivity index (χ0) is 13.9. The molecule has 1 heterocycles. The Bertz CT molecular complexity index is 579. The van der Waals surface area contributed by atoms with Gasteiger partial charge < -0.3 is 14.9 Å². The molecule has 0 aliphatic heterocycles. The van der Waals surface area contributed by atoms with Crippen molar-refractivity contribution in [3.63, 3.8) is 0 Å². The molecule has 0 spiro atoms. The lowest BCUT2D eigenvalue weighted by Crippen LogP contribution is -2.22. The Morgan fingerprint density at radius 3 is 3.10 bits per heavy atom. The number of nitrogens with two attached hydrogens (primary N) is 1. The van der Waals surface area contributed by atoms with Gasteiger partial charge in [0.25, 0.3) is 0 Å². The van der Waals surface area contributed by atoms with E-state index in [0.29, 0.717) is 24.3 Å². The maximum absolute atomic E-state index is 5.97. The molecule has 108 valence electrons. The van der Waals surface area contributed by atoms with Crippen LogP contribution in [0.4, 0.5) is 5.69 Å². The molecular formula is C16H22N2O2. The summed E-state index contributed by atoms with van der Waals surface area (Å²) < 4.78 is 11.7. The second kappa shape index (κ2) is 5.83. The maximum Gasteiger partial charge on any atom is 0.221 e. The van der Waals surface area contributed by atoms with E-state index < -0.39 is 0 Å². The molecule has 0 bridgehead atoms. The molecule has 4 nitrogen and oxygen atoms in total. The molecule has 2 atom stereocenters. The van der Waals surface area contributed by atoms with Crippen LogP contribution in [0.5, 0.6) is 0 Å². The lowest BCUT2D eigenvalue weighted by molar-refractivity contribution is -0.00669. The average Bonchev–Trinajstić information content (AvgIpc) is 2.90. The summed E-state index contributed by atoms with van der Waals surface area (Å²) in [6.45, 7) is 2.70. The van der Waals surface area contributed by atoms with Crippen molar-refractivity contribution in [1.29, 1.82) is 0 Å². The number of nitrogens with zero attached hydrogens (tertiary/aromatic N) is 1. The topological polar surface area (TPSA) is 61.3 Å². The highest BCUT2D eigenvalue weighted by Crippen LogP contribution is 2.29. The lowest BCUT2D eigenvalue weighted by Gasteiger charge is -2.28. The van der Waals surface area contributed by atoms with Crippen LogP contribution in [0.15, 0.2) is 22.6 Å². The van der Waals surface area contributed by atoms with Crippen LogP contribution in [0.25, 0.3) is 11.1 Å². The molecule has 0 amide bonds. The van der Waals surface area contributed by atoms with Crippen molar-refractivity contribution >= 4 is 16.8 Å². The summed E-state index contributed by atoms with van der Waals surface area (Å²) in [4.78, 5) is 4.42. The highest BCUT2D eigenvalue weighted by Gasteiger charge is 2.21. The molecule has 0 radical (unpaired) electrons. The van der Waals surface area contributed by atoms with Gasteiger partial charge in [-0.05, 0) is 30.9 Å². The van der Waals surface area contributed by atoms with Crippen molar-refractivity contribution in [1.82, 2.24) is 4.98 Å². The Hall–Kier alpha value is -1.55. The largest absolute Gasteiger partial charge is 0.438 e. The molecule has 1 aliphatic rings. The van der Waals surface area contributed by atoms with Crippen molar-refractivity contribution in [3.05, 3.63) is 24.1 Å². The van der Waals surface area contributed by atoms with Crippen molar-refractivity contribution in [2.75, 3.05) is 5.73 Å². The van der Waals surface area contributed by atoms with E-state index in [1.54, 1.807) is 0 Å². The van der Waals surface area contributed by atoms with Gasteiger partial charge in [-0.15, -0.1) is 0 Å². The van der Waals surface area contributed by atoms with Crippen molar-refractivity contribution in [3.8, 4) is 0 Å². The predicted molar refractivity (Wildman–Crippen MR) is 79.2 cm³/mol. The molecule has 2 aromatic rings. The number of oxazole rings is 1. The van der Waals surface area contributed by atoms with Gasteiger partial charge in [0.2, 0.25) is 5.89 Å². The van der Waals surface area contributed by atoms with Crippen LogP contribution in [-0.2, 0) is 11.3 Å². The van der Waals surface area contributed by atoms with E-state index in [1.807, 2.05) is 18.2 Å².